The van der Waals surface area contributed by atoms with E-state index >= 15 is 0 Å². The zero-order valence-corrected chi connectivity index (χ0v) is 12.2. The Morgan fingerprint density at radius 2 is 1.94 bits per heavy atom. The van der Waals surface area contributed by atoms with E-state index < -0.39 is 5.67 Å². The van der Waals surface area contributed by atoms with Gasteiger partial charge in [0.2, 0.25) is 0 Å². The lowest BCUT2D eigenvalue weighted by atomic mass is 9.80. The van der Waals surface area contributed by atoms with Crippen LogP contribution in [0.1, 0.15) is 41.0 Å². The molecule has 0 aromatic carbocycles. The lowest BCUT2D eigenvalue weighted by Crippen LogP contribution is -2.22. The van der Waals surface area contributed by atoms with Gasteiger partial charge in [0.15, 0.2) is 0 Å². The van der Waals surface area contributed by atoms with Gasteiger partial charge in [-0.05, 0) is 51.6 Å². The third-order valence-corrected chi connectivity index (χ3v) is 3.17. The van der Waals surface area contributed by atoms with Crippen molar-refractivity contribution >= 4 is 0 Å². The number of allylic oxidation sites excluding steroid dienone is 2. The molecule has 17 heavy (non-hydrogen) atoms. The van der Waals surface area contributed by atoms with E-state index in [1.807, 2.05) is 14.0 Å². The third kappa shape index (κ3) is 6.62. The fourth-order valence-corrected chi connectivity index (χ4v) is 2.21. The molecule has 2 heteroatoms. The summed E-state index contributed by atoms with van der Waals surface area (Å²) in [7, 11) is 1.92. The molecule has 0 aliphatic carbocycles. The second-order valence-corrected chi connectivity index (χ2v) is 5.69. The lowest BCUT2D eigenvalue weighted by molar-refractivity contribution is 0.159. The molecule has 0 radical (unpaired) electrons. The first-order valence-corrected chi connectivity index (χ1v) is 6.38. The summed E-state index contributed by atoms with van der Waals surface area (Å²) in [5, 5.41) is 3.10. The lowest BCUT2D eigenvalue weighted by Gasteiger charge is -2.27. The van der Waals surface area contributed by atoms with Crippen molar-refractivity contribution < 1.29 is 4.39 Å². The van der Waals surface area contributed by atoms with Crippen LogP contribution in [0.5, 0.6) is 0 Å². The molecule has 0 spiro atoms. The van der Waals surface area contributed by atoms with Crippen LogP contribution in [-0.4, -0.2) is 19.3 Å². The van der Waals surface area contributed by atoms with Crippen LogP contribution in [-0.2, 0) is 0 Å². The minimum Gasteiger partial charge on any atom is -0.316 e. The Balaban J connectivity index is 4.72. The number of nitrogens with one attached hydrogen (secondary N) is 1. The summed E-state index contributed by atoms with van der Waals surface area (Å²) in [6.45, 7) is 14.4. The maximum Gasteiger partial charge on any atom is 0.105 e. The highest BCUT2D eigenvalue weighted by atomic mass is 19.1. The zero-order valence-electron chi connectivity index (χ0n) is 12.2. The molecule has 1 nitrogen and oxygen atoms in total. The molecule has 0 aliphatic rings. The van der Waals surface area contributed by atoms with Crippen molar-refractivity contribution in [2.24, 2.45) is 11.8 Å². The molecule has 100 valence electrons. The van der Waals surface area contributed by atoms with Crippen LogP contribution >= 0.6 is 0 Å². The molecule has 2 atom stereocenters. The summed E-state index contributed by atoms with van der Waals surface area (Å²) in [5.74, 6) is 0.658. The van der Waals surface area contributed by atoms with Crippen LogP contribution in [0.3, 0.4) is 0 Å². The molecule has 1 N–H and O–H groups in total. The van der Waals surface area contributed by atoms with E-state index in [1.54, 1.807) is 13.8 Å². The van der Waals surface area contributed by atoms with Gasteiger partial charge in [-0.2, -0.15) is 0 Å². The molecule has 0 rings (SSSR count). The van der Waals surface area contributed by atoms with Crippen molar-refractivity contribution in [3.63, 3.8) is 0 Å². The van der Waals surface area contributed by atoms with Gasteiger partial charge in [-0.25, -0.2) is 4.39 Å². The fourth-order valence-electron chi connectivity index (χ4n) is 2.21. The average molecular weight is 241 g/mol. The highest BCUT2D eigenvalue weighted by Crippen LogP contribution is 2.31. The monoisotopic (exact) mass is 241 g/mol. The van der Waals surface area contributed by atoms with Gasteiger partial charge >= 0.3 is 0 Å². The smallest absolute Gasteiger partial charge is 0.105 e. The minimum absolute atomic E-state index is 0.315. The quantitative estimate of drug-likeness (QED) is 0.661. The van der Waals surface area contributed by atoms with Gasteiger partial charge < -0.3 is 5.32 Å². The highest BCUT2D eigenvalue weighted by molar-refractivity contribution is 5.29. The number of halogens is 1. The van der Waals surface area contributed by atoms with E-state index in [9.17, 15) is 4.39 Å². The topological polar surface area (TPSA) is 12.0 Å². The molecule has 0 bridgehead atoms. The Labute approximate surface area is 106 Å². The van der Waals surface area contributed by atoms with Gasteiger partial charge in [0.25, 0.3) is 0 Å². The van der Waals surface area contributed by atoms with Crippen LogP contribution in [0.15, 0.2) is 23.8 Å². The van der Waals surface area contributed by atoms with Crippen LogP contribution in [0.4, 0.5) is 4.39 Å². The first-order chi connectivity index (χ1) is 7.69. The summed E-state index contributed by atoms with van der Waals surface area (Å²) >= 11 is 0. The molecule has 0 amide bonds. The largest absolute Gasteiger partial charge is 0.316 e. The van der Waals surface area contributed by atoms with Crippen molar-refractivity contribution in [1.82, 2.24) is 5.32 Å². The van der Waals surface area contributed by atoms with Crippen molar-refractivity contribution in [3.05, 3.63) is 23.8 Å². The van der Waals surface area contributed by atoms with Crippen molar-refractivity contribution in [3.8, 4) is 0 Å². The Hall–Kier alpha value is -0.630. The summed E-state index contributed by atoms with van der Waals surface area (Å²) in [4.78, 5) is 0. The molecule has 0 heterocycles. The first-order valence-electron chi connectivity index (χ1n) is 6.38. The second kappa shape index (κ2) is 6.95. The number of likely N-dealkylation sites (N-methyl/N-ethyl adjacent to an activating group) is 1. The first kappa shape index (κ1) is 16.4. The molecule has 2 unspecified atom stereocenters. The van der Waals surface area contributed by atoms with E-state index in [-0.39, 0.29) is 0 Å². The Morgan fingerprint density at radius 3 is 2.29 bits per heavy atom. The maximum atomic E-state index is 13.7. The Morgan fingerprint density at radius 1 is 1.41 bits per heavy atom. The number of hydrogen-bond acceptors (Lipinski definition) is 1. The molecule has 0 aliphatic heterocycles. The van der Waals surface area contributed by atoms with E-state index in [2.05, 4.69) is 31.8 Å². The third-order valence-electron chi connectivity index (χ3n) is 3.17. The highest BCUT2D eigenvalue weighted by Gasteiger charge is 2.25. The minimum atomic E-state index is -1.10. The van der Waals surface area contributed by atoms with Crippen molar-refractivity contribution in [1.29, 1.82) is 0 Å². The number of rotatable bonds is 7. The van der Waals surface area contributed by atoms with Gasteiger partial charge in [0, 0.05) is 6.54 Å². The van der Waals surface area contributed by atoms with Gasteiger partial charge in [-0.3, -0.25) is 0 Å². The zero-order chi connectivity index (χ0) is 13.6. The standard InChI is InChI=1S/C15H28FN/c1-11(2)14(8-9-17-7)13(4)12(3)10-15(5,6)16/h8,12-13,17H,1,9-10H2,2-7H3. The van der Waals surface area contributed by atoms with Crippen LogP contribution in [0, 0.1) is 11.8 Å². The van der Waals surface area contributed by atoms with Gasteiger partial charge in [0.1, 0.15) is 5.67 Å². The predicted molar refractivity (Wildman–Crippen MR) is 75.0 cm³/mol. The van der Waals surface area contributed by atoms with Crippen molar-refractivity contribution in [2.75, 3.05) is 13.6 Å². The van der Waals surface area contributed by atoms with Gasteiger partial charge in [0.05, 0.1) is 0 Å². The van der Waals surface area contributed by atoms with E-state index in [0.717, 1.165) is 12.1 Å². The van der Waals surface area contributed by atoms with Crippen molar-refractivity contribution in [2.45, 2.75) is 46.7 Å². The average Bonchev–Trinajstić information content (AvgIpc) is 2.14. The molecule has 0 fully saturated rings. The number of alkyl halides is 1. The summed E-state index contributed by atoms with van der Waals surface area (Å²) in [5.41, 5.74) is 1.23. The number of hydrogen-bond donors (Lipinski definition) is 1. The van der Waals surface area contributed by atoms with Crippen LogP contribution < -0.4 is 5.32 Å². The Kier molecular flexibility index (Phi) is 6.69. The van der Waals surface area contributed by atoms with Crippen LogP contribution in [0.2, 0.25) is 0 Å². The normalized spacial score (nSPS) is 16.8. The molecule has 0 aromatic rings. The fraction of sp³-hybridized carbons (Fsp3) is 0.733. The Bertz CT molecular complexity index is 273. The second-order valence-electron chi connectivity index (χ2n) is 5.69. The summed E-state index contributed by atoms with van der Waals surface area (Å²) in [6, 6.07) is 0. The summed E-state index contributed by atoms with van der Waals surface area (Å²) in [6.07, 6.45) is 2.74. The molecular weight excluding hydrogens is 213 g/mol. The predicted octanol–water partition coefficient (Wildman–Crippen LogP) is 4.12. The van der Waals surface area contributed by atoms with E-state index in [1.165, 1.54) is 5.57 Å². The SMILES string of the molecule is C=C(C)C(=CCNC)C(C)C(C)CC(C)(C)F. The summed E-state index contributed by atoms with van der Waals surface area (Å²) < 4.78 is 13.7. The maximum absolute atomic E-state index is 13.7. The molecule has 0 aromatic heterocycles. The molecular formula is C15H28FN. The van der Waals surface area contributed by atoms with Gasteiger partial charge in [-0.15, -0.1) is 0 Å². The van der Waals surface area contributed by atoms with Gasteiger partial charge in [-0.1, -0.05) is 32.1 Å². The molecule has 0 saturated heterocycles. The van der Waals surface area contributed by atoms with Crippen LogP contribution in [0.25, 0.3) is 0 Å². The van der Waals surface area contributed by atoms with E-state index in [0.29, 0.717) is 18.3 Å². The molecule has 0 saturated carbocycles. The van der Waals surface area contributed by atoms with E-state index in [4.69, 9.17) is 0 Å².